The van der Waals surface area contributed by atoms with Crippen molar-refractivity contribution in [2.75, 3.05) is 6.61 Å². The molecule has 1 N–H and O–H groups in total. The molecule has 0 aliphatic rings. The number of imidazole rings is 1. The highest BCUT2D eigenvalue weighted by Gasteiger charge is 2.16. The zero-order valence-corrected chi connectivity index (χ0v) is 15.4. The summed E-state index contributed by atoms with van der Waals surface area (Å²) in [5.74, 6) is 2.09. The minimum absolute atomic E-state index is 0.257. The molecule has 3 aromatic rings. The van der Waals surface area contributed by atoms with Crippen LogP contribution in [0, 0.1) is 13.8 Å². The van der Waals surface area contributed by atoms with Crippen molar-refractivity contribution in [2.45, 2.75) is 46.3 Å². The number of hydrogen-bond donors (Lipinski definition) is 1. The summed E-state index contributed by atoms with van der Waals surface area (Å²) in [5.41, 5.74) is 4.34. The molecule has 25 heavy (non-hydrogen) atoms. The van der Waals surface area contributed by atoms with Gasteiger partial charge in [-0.15, -0.1) is 0 Å². The molecule has 1 heterocycles. The first-order valence-corrected chi connectivity index (χ1v) is 8.78. The molecule has 0 fully saturated rings. The Balaban J connectivity index is 1.75. The number of aliphatic hydroxyl groups is 1. The van der Waals surface area contributed by atoms with E-state index in [1.807, 2.05) is 50.2 Å². The van der Waals surface area contributed by atoms with Crippen molar-refractivity contribution in [1.82, 2.24) is 9.55 Å². The van der Waals surface area contributed by atoms with Crippen LogP contribution in [0.5, 0.6) is 5.75 Å². The van der Waals surface area contributed by atoms with Crippen LogP contribution in [0.2, 0.25) is 0 Å². The molecule has 0 aliphatic carbocycles. The highest BCUT2D eigenvalue weighted by molar-refractivity contribution is 5.76. The van der Waals surface area contributed by atoms with Crippen LogP contribution in [0.15, 0.2) is 42.5 Å². The van der Waals surface area contributed by atoms with Crippen molar-refractivity contribution >= 4 is 11.0 Å². The predicted octanol–water partition coefficient (Wildman–Crippen LogP) is 4.22. The smallest absolute Gasteiger partial charge is 0.119 e. The fourth-order valence-electron chi connectivity index (χ4n) is 3.20. The summed E-state index contributed by atoms with van der Waals surface area (Å²) < 4.78 is 7.91. The number of benzene rings is 2. The fourth-order valence-corrected chi connectivity index (χ4v) is 3.20. The Bertz CT molecular complexity index is 847. The van der Waals surface area contributed by atoms with E-state index >= 15 is 0 Å². The highest BCUT2D eigenvalue weighted by Crippen LogP contribution is 2.22. The topological polar surface area (TPSA) is 47.3 Å². The SMILES string of the molecule is Cc1cc(C)cc(OC[C@@H](O)Cn2c(C(C)C)nc3ccccc32)c1. The maximum absolute atomic E-state index is 10.5. The van der Waals surface area contributed by atoms with E-state index in [4.69, 9.17) is 9.72 Å². The molecule has 0 saturated carbocycles. The van der Waals surface area contributed by atoms with Gasteiger partial charge in [-0.05, 0) is 49.2 Å². The molecule has 0 saturated heterocycles. The summed E-state index contributed by atoms with van der Waals surface area (Å²) in [6, 6.07) is 14.1. The van der Waals surface area contributed by atoms with Gasteiger partial charge in [-0.3, -0.25) is 0 Å². The van der Waals surface area contributed by atoms with Crippen molar-refractivity contribution in [3.8, 4) is 5.75 Å². The molecule has 1 atom stereocenters. The quantitative estimate of drug-likeness (QED) is 0.732. The van der Waals surface area contributed by atoms with Crippen LogP contribution in [0.4, 0.5) is 0 Å². The summed E-state index contributed by atoms with van der Waals surface area (Å²) in [4.78, 5) is 4.72. The third-order valence-corrected chi connectivity index (χ3v) is 4.23. The molecular weight excluding hydrogens is 312 g/mol. The lowest BCUT2D eigenvalue weighted by Crippen LogP contribution is -2.25. The molecule has 0 spiro atoms. The first-order valence-electron chi connectivity index (χ1n) is 8.78. The summed E-state index contributed by atoms with van der Waals surface area (Å²) in [5, 5.41) is 10.5. The van der Waals surface area contributed by atoms with Crippen LogP contribution < -0.4 is 4.74 Å². The van der Waals surface area contributed by atoms with Crippen molar-refractivity contribution in [3.63, 3.8) is 0 Å². The predicted molar refractivity (Wildman–Crippen MR) is 101 cm³/mol. The van der Waals surface area contributed by atoms with Crippen molar-refractivity contribution in [3.05, 3.63) is 59.4 Å². The second-order valence-electron chi connectivity index (χ2n) is 7.01. The Labute approximate surface area is 149 Å². The van der Waals surface area contributed by atoms with Crippen LogP contribution in [-0.4, -0.2) is 27.4 Å². The minimum atomic E-state index is -0.601. The maximum Gasteiger partial charge on any atom is 0.119 e. The van der Waals surface area contributed by atoms with E-state index in [2.05, 4.69) is 24.5 Å². The monoisotopic (exact) mass is 338 g/mol. The number of aryl methyl sites for hydroxylation is 2. The van der Waals surface area contributed by atoms with Gasteiger partial charge < -0.3 is 14.4 Å². The van der Waals surface area contributed by atoms with E-state index in [0.29, 0.717) is 12.5 Å². The van der Waals surface area contributed by atoms with Gasteiger partial charge in [0.05, 0.1) is 17.6 Å². The average Bonchev–Trinajstić information content (AvgIpc) is 2.91. The first-order chi connectivity index (χ1) is 11.9. The normalized spacial score (nSPS) is 12.7. The number of aliphatic hydroxyl groups excluding tert-OH is 1. The van der Waals surface area contributed by atoms with E-state index in [9.17, 15) is 5.11 Å². The van der Waals surface area contributed by atoms with Gasteiger partial charge in [-0.25, -0.2) is 4.98 Å². The second-order valence-corrected chi connectivity index (χ2v) is 7.01. The third kappa shape index (κ3) is 4.02. The van der Waals surface area contributed by atoms with Crippen molar-refractivity contribution in [1.29, 1.82) is 0 Å². The number of fused-ring (bicyclic) bond motifs is 1. The van der Waals surface area contributed by atoms with Crippen LogP contribution in [-0.2, 0) is 6.54 Å². The molecule has 0 unspecified atom stereocenters. The molecule has 0 bridgehead atoms. The molecule has 0 amide bonds. The molecule has 3 rings (SSSR count). The number of para-hydroxylation sites is 2. The standard InChI is InChI=1S/C21H26N2O2/c1-14(2)21-22-19-7-5-6-8-20(19)23(21)12-17(24)13-25-18-10-15(3)9-16(4)11-18/h5-11,14,17,24H,12-13H2,1-4H3/t17-/m0/s1. The van der Waals surface area contributed by atoms with Gasteiger partial charge in [0.15, 0.2) is 0 Å². The third-order valence-electron chi connectivity index (χ3n) is 4.23. The molecule has 0 radical (unpaired) electrons. The lowest BCUT2D eigenvalue weighted by molar-refractivity contribution is 0.0925. The van der Waals surface area contributed by atoms with Gasteiger partial charge >= 0.3 is 0 Å². The number of ether oxygens (including phenoxy) is 1. The van der Waals surface area contributed by atoms with E-state index in [1.165, 1.54) is 0 Å². The van der Waals surface area contributed by atoms with E-state index in [1.54, 1.807) is 0 Å². The van der Waals surface area contributed by atoms with Gasteiger partial charge in [0.25, 0.3) is 0 Å². The molecule has 2 aromatic carbocycles. The fraction of sp³-hybridized carbons (Fsp3) is 0.381. The lowest BCUT2D eigenvalue weighted by Gasteiger charge is -2.17. The number of aromatic nitrogens is 2. The number of hydrogen-bond acceptors (Lipinski definition) is 3. The minimum Gasteiger partial charge on any atom is -0.491 e. The van der Waals surface area contributed by atoms with E-state index < -0.39 is 6.10 Å². The number of rotatable bonds is 6. The molecule has 4 heteroatoms. The van der Waals surface area contributed by atoms with Crippen LogP contribution in [0.25, 0.3) is 11.0 Å². The summed E-state index contributed by atoms with van der Waals surface area (Å²) >= 11 is 0. The Morgan fingerprint density at radius 3 is 2.44 bits per heavy atom. The van der Waals surface area contributed by atoms with Crippen molar-refractivity contribution in [2.24, 2.45) is 0 Å². The number of nitrogens with zero attached hydrogens (tertiary/aromatic N) is 2. The lowest BCUT2D eigenvalue weighted by atomic mass is 10.1. The largest absolute Gasteiger partial charge is 0.491 e. The average molecular weight is 338 g/mol. The second kappa shape index (κ2) is 7.28. The Kier molecular flexibility index (Phi) is 5.09. The maximum atomic E-state index is 10.5. The van der Waals surface area contributed by atoms with Gasteiger partial charge in [0.1, 0.15) is 24.3 Å². The zero-order valence-electron chi connectivity index (χ0n) is 15.4. The van der Waals surface area contributed by atoms with Crippen LogP contribution in [0.1, 0.15) is 36.7 Å². The van der Waals surface area contributed by atoms with Gasteiger partial charge in [-0.1, -0.05) is 32.0 Å². The molecule has 4 nitrogen and oxygen atoms in total. The summed E-state index contributed by atoms with van der Waals surface area (Å²) in [6.45, 7) is 9.06. The molecule has 132 valence electrons. The summed E-state index contributed by atoms with van der Waals surface area (Å²) in [7, 11) is 0. The highest BCUT2D eigenvalue weighted by atomic mass is 16.5. The zero-order chi connectivity index (χ0) is 18.0. The van der Waals surface area contributed by atoms with E-state index in [0.717, 1.165) is 33.7 Å². The van der Waals surface area contributed by atoms with E-state index in [-0.39, 0.29) is 6.61 Å². The van der Waals surface area contributed by atoms with Gasteiger partial charge in [0.2, 0.25) is 0 Å². The van der Waals surface area contributed by atoms with Gasteiger partial charge in [-0.2, -0.15) is 0 Å². The molecular formula is C21H26N2O2. The van der Waals surface area contributed by atoms with Gasteiger partial charge in [0, 0.05) is 5.92 Å². The Morgan fingerprint density at radius 2 is 1.76 bits per heavy atom. The van der Waals surface area contributed by atoms with Crippen molar-refractivity contribution < 1.29 is 9.84 Å². The Hall–Kier alpha value is -2.33. The first kappa shape index (κ1) is 17.5. The molecule has 0 aliphatic heterocycles. The molecule has 1 aromatic heterocycles. The van der Waals surface area contributed by atoms with Crippen LogP contribution in [0.3, 0.4) is 0 Å². The summed E-state index contributed by atoms with van der Waals surface area (Å²) in [6.07, 6.45) is -0.601. The van der Waals surface area contributed by atoms with Crippen LogP contribution >= 0.6 is 0 Å². The Morgan fingerprint density at radius 1 is 1.08 bits per heavy atom.